The molecule has 6 rings (SSSR count). The topological polar surface area (TPSA) is 96.9 Å². The molecule has 0 unspecified atom stereocenters. The second kappa shape index (κ2) is 9.90. The molecule has 6 aromatic rings. The summed E-state index contributed by atoms with van der Waals surface area (Å²) in [5.41, 5.74) is 5.21. The number of pyridine rings is 1. The average Bonchev–Trinajstić information content (AvgIpc) is 3.57. The Kier molecular flexibility index (Phi) is 6.34. The average molecular weight is 569 g/mol. The van der Waals surface area contributed by atoms with Crippen LogP contribution in [-0.2, 0) is 10.0 Å². The standard InChI is InChI=1S/C31H25FN4O4S/c1-33-31(37)29-24-15-23(21-11-14-28-34-25(18-36(28)17-21)19-7-5-4-6-8-19)26(35(2)41(3,38)39)16-27(24)40-30(29)20-9-12-22(32)13-10-20/h4-18H,1-3H3,(H,33,37). The molecule has 0 aliphatic carbocycles. The molecule has 1 N–H and O–H groups in total. The number of amides is 1. The fraction of sp³-hybridized carbons (Fsp3) is 0.0968. The van der Waals surface area contributed by atoms with Gasteiger partial charge in [0.2, 0.25) is 10.0 Å². The maximum Gasteiger partial charge on any atom is 0.255 e. The van der Waals surface area contributed by atoms with E-state index >= 15 is 0 Å². The van der Waals surface area contributed by atoms with Gasteiger partial charge in [0.1, 0.15) is 22.8 Å². The highest BCUT2D eigenvalue weighted by Gasteiger charge is 2.26. The molecule has 0 fully saturated rings. The Bertz CT molecular complexity index is 2050. The third kappa shape index (κ3) is 4.72. The molecule has 0 bridgehead atoms. The van der Waals surface area contributed by atoms with E-state index in [0.29, 0.717) is 33.3 Å². The maximum atomic E-state index is 13.7. The number of hydrogen-bond acceptors (Lipinski definition) is 5. The summed E-state index contributed by atoms with van der Waals surface area (Å²) in [6.07, 6.45) is 4.90. The number of aromatic nitrogens is 2. The van der Waals surface area contributed by atoms with Crippen LogP contribution in [0.15, 0.2) is 95.7 Å². The Balaban J connectivity index is 1.60. The fourth-order valence-electron chi connectivity index (χ4n) is 4.86. The SMILES string of the molecule is CNC(=O)c1c(-c2ccc(F)cc2)oc2cc(N(C)S(C)(=O)=O)c(-c3ccc4nc(-c5ccccc5)cn4c3)cc12. The van der Waals surface area contributed by atoms with Crippen LogP contribution in [0, 0.1) is 5.82 Å². The predicted octanol–water partition coefficient (Wildman–Crippen LogP) is 5.98. The lowest BCUT2D eigenvalue weighted by atomic mass is 9.99. The molecule has 3 heterocycles. The molecule has 206 valence electrons. The van der Waals surface area contributed by atoms with E-state index in [2.05, 4.69) is 5.32 Å². The molecule has 0 aliphatic rings. The summed E-state index contributed by atoms with van der Waals surface area (Å²) in [7, 11) is -0.681. The zero-order valence-electron chi connectivity index (χ0n) is 22.4. The molecule has 1 amide bonds. The molecule has 0 spiro atoms. The molecule has 0 aliphatic heterocycles. The van der Waals surface area contributed by atoms with Gasteiger partial charge in [-0.1, -0.05) is 30.3 Å². The molecule has 3 aromatic carbocycles. The third-order valence-corrected chi connectivity index (χ3v) is 8.23. The molecule has 0 atom stereocenters. The second-order valence-corrected chi connectivity index (χ2v) is 11.7. The minimum Gasteiger partial charge on any atom is -0.455 e. The minimum atomic E-state index is -3.66. The minimum absolute atomic E-state index is 0.252. The van der Waals surface area contributed by atoms with Gasteiger partial charge in [-0.05, 0) is 42.5 Å². The molecule has 10 heteroatoms. The van der Waals surface area contributed by atoms with Crippen molar-refractivity contribution in [2.75, 3.05) is 24.7 Å². The van der Waals surface area contributed by atoms with Gasteiger partial charge in [0.25, 0.3) is 5.91 Å². The number of imidazole rings is 1. The second-order valence-electron chi connectivity index (χ2n) is 9.66. The molecular formula is C31H25FN4O4S. The van der Waals surface area contributed by atoms with Crippen LogP contribution in [0.2, 0.25) is 0 Å². The largest absolute Gasteiger partial charge is 0.455 e. The fourth-order valence-corrected chi connectivity index (χ4v) is 5.37. The first-order valence-electron chi connectivity index (χ1n) is 12.7. The molecule has 0 saturated heterocycles. The summed E-state index contributed by atoms with van der Waals surface area (Å²) in [5, 5.41) is 3.14. The van der Waals surface area contributed by atoms with Crippen LogP contribution in [0.4, 0.5) is 10.1 Å². The third-order valence-electron chi connectivity index (χ3n) is 7.04. The van der Waals surface area contributed by atoms with Crippen LogP contribution >= 0.6 is 0 Å². The molecule has 8 nitrogen and oxygen atoms in total. The summed E-state index contributed by atoms with van der Waals surface area (Å²) >= 11 is 0. The molecular weight excluding hydrogens is 543 g/mol. The highest BCUT2D eigenvalue weighted by molar-refractivity contribution is 7.92. The number of carbonyl (C=O) groups excluding carboxylic acids is 1. The summed E-state index contributed by atoms with van der Waals surface area (Å²) in [6.45, 7) is 0. The van der Waals surface area contributed by atoms with Crippen molar-refractivity contribution in [3.63, 3.8) is 0 Å². The van der Waals surface area contributed by atoms with E-state index in [1.807, 2.05) is 59.3 Å². The number of sulfonamides is 1. The number of fused-ring (bicyclic) bond motifs is 2. The van der Waals surface area contributed by atoms with E-state index in [9.17, 15) is 17.6 Å². The number of rotatable bonds is 6. The van der Waals surface area contributed by atoms with Crippen LogP contribution in [-0.4, -0.2) is 44.1 Å². The van der Waals surface area contributed by atoms with Crippen molar-refractivity contribution >= 4 is 38.2 Å². The van der Waals surface area contributed by atoms with Crippen molar-refractivity contribution in [2.45, 2.75) is 0 Å². The van der Waals surface area contributed by atoms with E-state index in [1.54, 1.807) is 12.1 Å². The Morgan fingerprint density at radius 3 is 2.34 bits per heavy atom. The number of benzene rings is 3. The molecule has 41 heavy (non-hydrogen) atoms. The van der Waals surface area contributed by atoms with E-state index in [4.69, 9.17) is 9.40 Å². The number of halogens is 1. The Labute approximate surface area is 235 Å². The van der Waals surface area contributed by atoms with Crippen LogP contribution < -0.4 is 9.62 Å². The van der Waals surface area contributed by atoms with E-state index in [-0.39, 0.29) is 11.3 Å². The normalized spacial score (nSPS) is 11.7. The van der Waals surface area contributed by atoms with Crippen molar-refractivity contribution in [1.82, 2.24) is 14.7 Å². The van der Waals surface area contributed by atoms with Crippen molar-refractivity contribution < 1.29 is 22.0 Å². The maximum absolute atomic E-state index is 13.7. The van der Waals surface area contributed by atoms with Gasteiger partial charge in [0.05, 0.1) is 23.2 Å². The van der Waals surface area contributed by atoms with Crippen LogP contribution in [0.1, 0.15) is 10.4 Å². The zero-order chi connectivity index (χ0) is 28.9. The van der Waals surface area contributed by atoms with Gasteiger partial charge in [-0.15, -0.1) is 0 Å². The van der Waals surface area contributed by atoms with Gasteiger partial charge >= 0.3 is 0 Å². The molecule has 0 saturated carbocycles. The summed E-state index contributed by atoms with van der Waals surface area (Å²) < 4.78 is 48.2. The van der Waals surface area contributed by atoms with Crippen molar-refractivity contribution in [1.29, 1.82) is 0 Å². The number of furan rings is 1. The summed E-state index contributed by atoms with van der Waals surface area (Å²) in [6, 6.07) is 22.5. The number of hydrogen-bond donors (Lipinski definition) is 1. The van der Waals surface area contributed by atoms with E-state index in [1.165, 1.54) is 42.7 Å². The van der Waals surface area contributed by atoms with Gasteiger partial charge < -0.3 is 14.1 Å². The summed E-state index contributed by atoms with van der Waals surface area (Å²) in [5.74, 6) is -0.561. The number of nitrogens with zero attached hydrogens (tertiary/aromatic N) is 3. The van der Waals surface area contributed by atoms with Gasteiger partial charge in [-0.2, -0.15) is 0 Å². The number of anilines is 1. The summed E-state index contributed by atoms with van der Waals surface area (Å²) in [4.78, 5) is 17.8. The van der Waals surface area contributed by atoms with E-state index in [0.717, 1.165) is 23.2 Å². The van der Waals surface area contributed by atoms with Crippen molar-refractivity contribution in [2.24, 2.45) is 0 Å². The van der Waals surface area contributed by atoms with Gasteiger partial charge in [-0.25, -0.2) is 17.8 Å². The highest BCUT2D eigenvalue weighted by atomic mass is 32.2. The Morgan fingerprint density at radius 1 is 0.951 bits per heavy atom. The lowest BCUT2D eigenvalue weighted by Gasteiger charge is -2.20. The monoisotopic (exact) mass is 568 g/mol. The van der Waals surface area contributed by atoms with Crippen molar-refractivity contribution in [3.8, 4) is 33.7 Å². The van der Waals surface area contributed by atoms with Gasteiger partial charge in [0.15, 0.2) is 0 Å². The molecule has 3 aromatic heterocycles. The van der Waals surface area contributed by atoms with Crippen LogP contribution in [0.5, 0.6) is 0 Å². The first-order valence-corrected chi connectivity index (χ1v) is 14.6. The smallest absolute Gasteiger partial charge is 0.255 e. The van der Waals surface area contributed by atoms with Crippen LogP contribution in [0.3, 0.4) is 0 Å². The van der Waals surface area contributed by atoms with Gasteiger partial charge in [-0.3, -0.25) is 9.10 Å². The number of carbonyl (C=O) groups is 1. The zero-order valence-corrected chi connectivity index (χ0v) is 23.2. The molecule has 0 radical (unpaired) electrons. The number of nitrogens with one attached hydrogen (secondary N) is 1. The van der Waals surface area contributed by atoms with Crippen LogP contribution in [0.25, 0.3) is 50.3 Å². The first kappa shape index (κ1) is 26.3. The Hall–Kier alpha value is -4.96. The lowest BCUT2D eigenvalue weighted by Crippen LogP contribution is -2.25. The first-order chi connectivity index (χ1) is 19.6. The van der Waals surface area contributed by atoms with Gasteiger partial charge in [0, 0.05) is 60.2 Å². The van der Waals surface area contributed by atoms with Crippen molar-refractivity contribution in [3.05, 3.63) is 103 Å². The quantitative estimate of drug-likeness (QED) is 0.267. The van der Waals surface area contributed by atoms with E-state index < -0.39 is 21.7 Å². The highest BCUT2D eigenvalue weighted by Crippen LogP contribution is 2.41. The Morgan fingerprint density at radius 2 is 1.66 bits per heavy atom. The lowest BCUT2D eigenvalue weighted by molar-refractivity contribution is 0.0964. The predicted molar refractivity (Wildman–Crippen MR) is 158 cm³/mol.